The Labute approximate surface area is 76.0 Å². The van der Waals surface area contributed by atoms with Crippen molar-refractivity contribution < 1.29 is 4.79 Å². The summed E-state index contributed by atoms with van der Waals surface area (Å²) in [6.45, 7) is 2.54. The van der Waals surface area contributed by atoms with Gasteiger partial charge in [-0.05, 0) is 13.0 Å². The summed E-state index contributed by atoms with van der Waals surface area (Å²) in [4.78, 5) is 20.6. The summed E-state index contributed by atoms with van der Waals surface area (Å²) in [5.41, 5.74) is 1.73. The van der Waals surface area contributed by atoms with Crippen LogP contribution < -0.4 is 0 Å². The van der Waals surface area contributed by atoms with Crippen LogP contribution in [0.2, 0.25) is 0 Å². The normalized spacial score (nSPS) is 20.1. The lowest BCUT2D eigenvalue weighted by Gasteiger charge is -2.27. The van der Waals surface area contributed by atoms with Crippen LogP contribution in [0.25, 0.3) is 0 Å². The lowest BCUT2D eigenvalue weighted by molar-refractivity contribution is -0.105. The summed E-state index contributed by atoms with van der Waals surface area (Å²) in [5, 5.41) is 0. The third kappa shape index (κ3) is 1.30. The van der Waals surface area contributed by atoms with Crippen LogP contribution in [0.15, 0.2) is 33.5 Å². The zero-order chi connectivity index (χ0) is 9.26. The second-order valence-electron chi connectivity index (χ2n) is 2.92. The first kappa shape index (κ1) is 7.91. The molecule has 0 spiro atoms. The van der Waals surface area contributed by atoms with Crippen molar-refractivity contribution in [3.05, 3.63) is 23.5 Å². The highest BCUT2D eigenvalue weighted by Gasteiger charge is 2.18. The minimum atomic E-state index is 0.571. The molecule has 0 aromatic carbocycles. The summed E-state index contributed by atoms with van der Waals surface area (Å²) in [6.07, 6.45) is 6.00. The van der Waals surface area contributed by atoms with Gasteiger partial charge >= 0.3 is 0 Å². The fraction of sp³-hybridized carbons (Fsp3) is 0.222. The number of allylic oxidation sites excluding steroid dienone is 2. The highest BCUT2D eigenvalue weighted by Crippen LogP contribution is 2.15. The van der Waals surface area contributed by atoms with E-state index in [-0.39, 0.29) is 0 Å². The van der Waals surface area contributed by atoms with Gasteiger partial charge in [0.05, 0.1) is 6.54 Å². The molecule has 0 aliphatic carbocycles. The Balaban J connectivity index is 2.35. The first-order valence-corrected chi connectivity index (χ1v) is 4.02. The van der Waals surface area contributed by atoms with Crippen LogP contribution >= 0.6 is 0 Å². The topological polar surface area (TPSA) is 45.0 Å². The van der Waals surface area contributed by atoms with E-state index in [0.29, 0.717) is 18.1 Å². The van der Waals surface area contributed by atoms with E-state index >= 15 is 0 Å². The van der Waals surface area contributed by atoms with E-state index in [1.54, 1.807) is 12.4 Å². The van der Waals surface area contributed by atoms with Gasteiger partial charge < -0.3 is 4.90 Å². The third-order valence-electron chi connectivity index (χ3n) is 2.01. The number of hydrogen-bond acceptors (Lipinski definition) is 4. The second kappa shape index (κ2) is 2.97. The molecule has 2 rings (SSSR count). The van der Waals surface area contributed by atoms with E-state index in [2.05, 4.69) is 9.98 Å². The van der Waals surface area contributed by atoms with E-state index in [4.69, 9.17) is 0 Å². The molecule has 4 heteroatoms. The largest absolute Gasteiger partial charge is 0.310 e. The Morgan fingerprint density at radius 2 is 2.46 bits per heavy atom. The first-order chi connectivity index (χ1) is 6.31. The van der Waals surface area contributed by atoms with Gasteiger partial charge in [-0.1, -0.05) is 0 Å². The molecule has 0 saturated heterocycles. The zero-order valence-corrected chi connectivity index (χ0v) is 7.27. The number of aldehydes is 1. The van der Waals surface area contributed by atoms with Gasteiger partial charge in [-0.3, -0.25) is 4.79 Å². The molecule has 0 radical (unpaired) electrons. The Hall–Kier alpha value is -1.71. The molecule has 0 amide bonds. The van der Waals surface area contributed by atoms with Crippen LogP contribution in [0.4, 0.5) is 0 Å². The number of carbonyl (C=O) groups excluding carboxylic acids is 1. The molecule has 0 fully saturated rings. The maximum Gasteiger partial charge on any atom is 0.229 e. The Kier molecular flexibility index (Phi) is 1.81. The molecule has 13 heavy (non-hydrogen) atoms. The number of aliphatic imine (C=N–C) groups is 2. The highest BCUT2D eigenvalue weighted by molar-refractivity contribution is 5.97. The van der Waals surface area contributed by atoms with Crippen molar-refractivity contribution in [2.45, 2.75) is 6.92 Å². The minimum absolute atomic E-state index is 0.571. The zero-order valence-electron chi connectivity index (χ0n) is 7.27. The fourth-order valence-corrected chi connectivity index (χ4v) is 1.26. The van der Waals surface area contributed by atoms with E-state index in [1.807, 2.05) is 17.9 Å². The van der Waals surface area contributed by atoms with Crippen molar-refractivity contribution in [1.29, 1.82) is 0 Å². The molecule has 0 atom stereocenters. The maximum atomic E-state index is 10.5. The van der Waals surface area contributed by atoms with Crippen molar-refractivity contribution in [2.24, 2.45) is 9.98 Å². The number of carbonyl (C=O) groups is 1. The molecular formula is C9H9N3O. The summed E-state index contributed by atoms with van der Waals surface area (Å²) >= 11 is 0. The minimum Gasteiger partial charge on any atom is -0.310 e. The molecular weight excluding hydrogens is 166 g/mol. The van der Waals surface area contributed by atoms with Crippen molar-refractivity contribution >= 4 is 18.5 Å². The lowest BCUT2D eigenvalue weighted by atomic mass is 10.2. The lowest BCUT2D eigenvalue weighted by Crippen LogP contribution is -2.34. The van der Waals surface area contributed by atoms with Crippen LogP contribution in [0, 0.1) is 0 Å². The van der Waals surface area contributed by atoms with Crippen molar-refractivity contribution in [3.63, 3.8) is 0 Å². The van der Waals surface area contributed by atoms with Crippen molar-refractivity contribution in [3.8, 4) is 0 Å². The van der Waals surface area contributed by atoms with Crippen LogP contribution in [-0.2, 0) is 4.79 Å². The highest BCUT2D eigenvalue weighted by atomic mass is 16.1. The van der Waals surface area contributed by atoms with Gasteiger partial charge in [-0.2, -0.15) is 0 Å². The van der Waals surface area contributed by atoms with Crippen molar-refractivity contribution in [2.75, 3.05) is 6.54 Å². The molecule has 2 aliphatic heterocycles. The van der Waals surface area contributed by atoms with Crippen LogP contribution in [-0.4, -0.2) is 29.9 Å². The summed E-state index contributed by atoms with van der Waals surface area (Å²) in [5.74, 6) is 0.658. The monoisotopic (exact) mass is 175 g/mol. The van der Waals surface area contributed by atoms with E-state index in [0.717, 1.165) is 12.0 Å². The van der Waals surface area contributed by atoms with E-state index < -0.39 is 0 Å². The molecule has 0 N–H and O–H groups in total. The summed E-state index contributed by atoms with van der Waals surface area (Å²) in [7, 11) is 0. The van der Waals surface area contributed by atoms with Gasteiger partial charge in [0.25, 0.3) is 0 Å². The molecule has 0 bridgehead atoms. The molecule has 0 aromatic rings. The quantitative estimate of drug-likeness (QED) is 0.551. The molecule has 0 unspecified atom stereocenters. The average molecular weight is 175 g/mol. The van der Waals surface area contributed by atoms with Gasteiger partial charge in [-0.25, -0.2) is 9.98 Å². The smallest absolute Gasteiger partial charge is 0.229 e. The molecule has 4 nitrogen and oxygen atoms in total. The predicted molar refractivity (Wildman–Crippen MR) is 50.5 cm³/mol. The second-order valence-corrected chi connectivity index (χ2v) is 2.92. The molecule has 0 aromatic heterocycles. The summed E-state index contributed by atoms with van der Waals surface area (Å²) < 4.78 is 0. The van der Waals surface area contributed by atoms with Gasteiger partial charge in [0.2, 0.25) is 5.96 Å². The number of hydrogen-bond donors (Lipinski definition) is 0. The number of fused-ring (bicyclic) bond motifs is 1. The van der Waals surface area contributed by atoms with E-state index in [9.17, 15) is 4.79 Å². The summed E-state index contributed by atoms with van der Waals surface area (Å²) in [6, 6.07) is 0. The number of guanidine groups is 1. The SMILES string of the molecule is CC1=CC=NC2=NC=C(C=O)CN12. The Morgan fingerprint density at radius 3 is 3.23 bits per heavy atom. The first-order valence-electron chi connectivity index (χ1n) is 4.02. The Morgan fingerprint density at radius 1 is 1.62 bits per heavy atom. The van der Waals surface area contributed by atoms with Crippen molar-refractivity contribution in [1.82, 2.24) is 4.90 Å². The molecule has 0 saturated carbocycles. The van der Waals surface area contributed by atoms with Crippen LogP contribution in [0.3, 0.4) is 0 Å². The van der Waals surface area contributed by atoms with Gasteiger partial charge in [0.1, 0.15) is 6.29 Å². The fourth-order valence-electron chi connectivity index (χ4n) is 1.26. The third-order valence-corrected chi connectivity index (χ3v) is 2.01. The average Bonchev–Trinajstić information content (AvgIpc) is 2.18. The van der Waals surface area contributed by atoms with Crippen LogP contribution in [0.1, 0.15) is 6.92 Å². The van der Waals surface area contributed by atoms with Crippen LogP contribution in [0.5, 0.6) is 0 Å². The van der Waals surface area contributed by atoms with Gasteiger partial charge in [0, 0.05) is 23.7 Å². The number of rotatable bonds is 1. The van der Waals surface area contributed by atoms with Gasteiger partial charge in [-0.15, -0.1) is 0 Å². The van der Waals surface area contributed by atoms with E-state index in [1.165, 1.54) is 0 Å². The standard InChI is InChI=1S/C9H9N3O/c1-7-2-3-10-9-11-4-8(6-13)5-12(7)9/h2-4,6H,5H2,1H3. The molecule has 2 aliphatic rings. The van der Waals surface area contributed by atoms with Gasteiger partial charge in [0.15, 0.2) is 0 Å². The molecule has 66 valence electrons. The molecule has 2 heterocycles. The maximum absolute atomic E-state index is 10.5. The Bertz CT molecular complexity index is 363. The number of nitrogens with zero attached hydrogens (tertiary/aromatic N) is 3. The predicted octanol–water partition coefficient (Wildman–Crippen LogP) is 0.729.